The Morgan fingerprint density at radius 2 is 2.00 bits per heavy atom. The van der Waals surface area contributed by atoms with Gasteiger partial charge in [-0.3, -0.25) is 0 Å². The van der Waals surface area contributed by atoms with E-state index < -0.39 is 0 Å². The first-order chi connectivity index (χ1) is 9.36. The number of imidazole rings is 1. The van der Waals surface area contributed by atoms with Gasteiger partial charge in [-0.05, 0) is 44.1 Å². The predicted molar refractivity (Wildman–Crippen MR) is 77.9 cm³/mol. The van der Waals surface area contributed by atoms with Gasteiger partial charge in [0, 0.05) is 18.8 Å². The molecule has 3 rings (SSSR count). The predicted octanol–water partition coefficient (Wildman–Crippen LogP) is 3.52. The molecule has 0 amide bonds. The van der Waals surface area contributed by atoms with Gasteiger partial charge in [0.15, 0.2) is 0 Å². The molecule has 0 radical (unpaired) electrons. The largest absolute Gasteiger partial charge is 0.333 e. The first-order valence-electron chi connectivity index (χ1n) is 8.10. The van der Waals surface area contributed by atoms with Gasteiger partial charge < -0.3 is 9.88 Å². The number of aromatic nitrogens is 2. The van der Waals surface area contributed by atoms with Crippen LogP contribution in [0.15, 0.2) is 12.5 Å². The zero-order chi connectivity index (χ0) is 13.1. The highest BCUT2D eigenvalue weighted by atomic mass is 15.1. The van der Waals surface area contributed by atoms with Gasteiger partial charge in [0.2, 0.25) is 0 Å². The Hall–Kier alpha value is -0.830. The molecule has 1 saturated heterocycles. The minimum absolute atomic E-state index is 0.550. The summed E-state index contributed by atoms with van der Waals surface area (Å²) in [7, 11) is 0. The molecular weight excluding hydrogens is 234 g/mol. The molecule has 106 valence electrons. The summed E-state index contributed by atoms with van der Waals surface area (Å²) in [5.74, 6) is 1.87. The molecule has 1 N–H and O–H groups in total. The fourth-order valence-corrected chi connectivity index (χ4v) is 3.81. The first kappa shape index (κ1) is 13.2. The molecule has 0 spiro atoms. The Labute approximate surface area is 116 Å². The zero-order valence-electron chi connectivity index (χ0n) is 12.1. The van der Waals surface area contributed by atoms with E-state index >= 15 is 0 Å². The Morgan fingerprint density at radius 1 is 1.21 bits per heavy atom. The summed E-state index contributed by atoms with van der Waals surface area (Å²) in [6.07, 6.45) is 13.8. The monoisotopic (exact) mass is 261 g/mol. The quantitative estimate of drug-likeness (QED) is 0.898. The smallest absolute Gasteiger partial charge is 0.0948 e. The molecule has 1 saturated carbocycles. The van der Waals surface area contributed by atoms with Crippen LogP contribution in [0, 0.1) is 11.8 Å². The number of hydrogen-bond acceptors (Lipinski definition) is 2. The Balaban J connectivity index is 1.59. The highest BCUT2D eigenvalue weighted by Gasteiger charge is 2.23. The standard InChI is InChI=1S/C16H27N3/c1-2-13-5-7-14(8-6-13)11-19-12-17-10-16(19)15-4-3-9-18-15/h10,12-15,18H,2-9,11H2,1H3. The van der Waals surface area contributed by atoms with Crippen LogP contribution < -0.4 is 5.32 Å². The van der Waals surface area contributed by atoms with E-state index in [1.807, 2.05) is 6.33 Å². The fraction of sp³-hybridized carbons (Fsp3) is 0.812. The molecular formula is C16H27N3. The van der Waals surface area contributed by atoms with Gasteiger partial charge >= 0.3 is 0 Å². The molecule has 2 fully saturated rings. The van der Waals surface area contributed by atoms with Crippen molar-refractivity contribution in [3.63, 3.8) is 0 Å². The maximum absolute atomic E-state index is 4.39. The Morgan fingerprint density at radius 3 is 2.68 bits per heavy atom. The van der Waals surface area contributed by atoms with Crippen LogP contribution in [0.3, 0.4) is 0 Å². The lowest BCUT2D eigenvalue weighted by Crippen LogP contribution is -2.22. The van der Waals surface area contributed by atoms with Crippen molar-refractivity contribution in [1.29, 1.82) is 0 Å². The van der Waals surface area contributed by atoms with Crippen LogP contribution in [0.1, 0.15) is 63.6 Å². The van der Waals surface area contributed by atoms with Crippen molar-refractivity contribution in [2.24, 2.45) is 11.8 Å². The summed E-state index contributed by atoms with van der Waals surface area (Å²) in [5.41, 5.74) is 1.41. The topological polar surface area (TPSA) is 29.9 Å². The van der Waals surface area contributed by atoms with Crippen molar-refractivity contribution in [3.05, 3.63) is 18.2 Å². The second kappa shape index (κ2) is 6.08. The first-order valence-corrected chi connectivity index (χ1v) is 8.10. The van der Waals surface area contributed by atoms with Crippen molar-refractivity contribution < 1.29 is 0 Å². The molecule has 1 aromatic rings. The third-order valence-corrected chi connectivity index (χ3v) is 5.16. The van der Waals surface area contributed by atoms with Crippen LogP contribution >= 0.6 is 0 Å². The summed E-state index contributed by atoms with van der Waals surface area (Å²) in [6, 6.07) is 0.550. The average molecular weight is 261 g/mol. The van der Waals surface area contributed by atoms with E-state index in [1.165, 1.54) is 57.2 Å². The molecule has 2 heterocycles. The summed E-state index contributed by atoms with van der Waals surface area (Å²) < 4.78 is 2.42. The van der Waals surface area contributed by atoms with Crippen LogP contribution in [0.4, 0.5) is 0 Å². The van der Waals surface area contributed by atoms with E-state index in [1.54, 1.807) is 0 Å². The molecule has 1 aliphatic heterocycles. The number of hydrogen-bond donors (Lipinski definition) is 1. The second-order valence-corrected chi connectivity index (χ2v) is 6.41. The van der Waals surface area contributed by atoms with Gasteiger partial charge in [-0.25, -0.2) is 4.98 Å². The van der Waals surface area contributed by atoms with Gasteiger partial charge in [0.05, 0.1) is 12.0 Å². The highest BCUT2D eigenvalue weighted by Crippen LogP contribution is 2.32. The Kier molecular flexibility index (Phi) is 4.21. The van der Waals surface area contributed by atoms with E-state index in [4.69, 9.17) is 0 Å². The van der Waals surface area contributed by atoms with Gasteiger partial charge in [0.25, 0.3) is 0 Å². The third kappa shape index (κ3) is 3.02. The van der Waals surface area contributed by atoms with Crippen LogP contribution in [-0.4, -0.2) is 16.1 Å². The number of nitrogens with zero attached hydrogens (tertiary/aromatic N) is 2. The molecule has 2 aliphatic rings. The summed E-state index contributed by atoms with van der Waals surface area (Å²) in [5, 5.41) is 3.59. The lowest BCUT2D eigenvalue weighted by atomic mass is 9.81. The summed E-state index contributed by atoms with van der Waals surface area (Å²) >= 11 is 0. The number of rotatable bonds is 4. The van der Waals surface area contributed by atoms with E-state index in [9.17, 15) is 0 Å². The van der Waals surface area contributed by atoms with Crippen molar-refractivity contribution in [2.45, 2.75) is 64.5 Å². The van der Waals surface area contributed by atoms with Crippen molar-refractivity contribution in [2.75, 3.05) is 6.54 Å². The van der Waals surface area contributed by atoms with Crippen LogP contribution in [-0.2, 0) is 6.54 Å². The third-order valence-electron chi connectivity index (χ3n) is 5.16. The van der Waals surface area contributed by atoms with Gasteiger partial charge in [-0.15, -0.1) is 0 Å². The Bertz CT molecular complexity index is 384. The SMILES string of the molecule is CCC1CCC(Cn2cncc2C2CCCN2)CC1. The van der Waals surface area contributed by atoms with Gasteiger partial charge in [-0.2, -0.15) is 0 Å². The highest BCUT2D eigenvalue weighted by molar-refractivity contribution is 5.07. The average Bonchev–Trinajstić information content (AvgIpc) is 3.10. The maximum Gasteiger partial charge on any atom is 0.0948 e. The molecule has 1 aromatic heterocycles. The summed E-state index contributed by atoms with van der Waals surface area (Å²) in [4.78, 5) is 4.39. The molecule has 3 heteroatoms. The van der Waals surface area contributed by atoms with E-state index in [2.05, 4.69) is 28.0 Å². The molecule has 0 aromatic carbocycles. The minimum Gasteiger partial charge on any atom is -0.333 e. The van der Waals surface area contributed by atoms with E-state index in [0.29, 0.717) is 6.04 Å². The van der Waals surface area contributed by atoms with E-state index in [-0.39, 0.29) is 0 Å². The fourth-order valence-electron chi connectivity index (χ4n) is 3.81. The molecule has 1 atom stereocenters. The normalized spacial score (nSPS) is 31.7. The van der Waals surface area contributed by atoms with Crippen molar-refractivity contribution in [3.8, 4) is 0 Å². The molecule has 1 aliphatic carbocycles. The maximum atomic E-state index is 4.39. The van der Waals surface area contributed by atoms with Crippen LogP contribution in [0.5, 0.6) is 0 Å². The van der Waals surface area contributed by atoms with Crippen molar-refractivity contribution in [1.82, 2.24) is 14.9 Å². The second-order valence-electron chi connectivity index (χ2n) is 6.41. The summed E-state index contributed by atoms with van der Waals surface area (Å²) in [6.45, 7) is 4.69. The lowest BCUT2D eigenvalue weighted by molar-refractivity contribution is 0.245. The van der Waals surface area contributed by atoms with Crippen LogP contribution in [0.25, 0.3) is 0 Å². The lowest BCUT2D eigenvalue weighted by Gasteiger charge is -2.28. The minimum atomic E-state index is 0.550. The molecule has 3 nitrogen and oxygen atoms in total. The van der Waals surface area contributed by atoms with Gasteiger partial charge in [-0.1, -0.05) is 26.2 Å². The molecule has 0 bridgehead atoms. The van der Waals surface area contributed by atoms with Gasteiger partial charge in [0.1, 0.15) is 0 Å². The number of nitrogens with one attached hydrogen (secondary N) is 1. The van der Waals surface area contributed by atoms with Crippen LogP contribution in [0.2, 0.25) is 0 Å². The zero-order valence-corrected chi connectivity index (χ0v) is 12.1. The molecule has 19 heavy (non-hydrogen) atoms. The van der Waals surface area contributed by atoms with E-state index in [0.717, 1.165) is 18.4 Å². The molecule has 1 unspecified atom stereocenters. The van der Waals surface area contributed by atoms with Crippen molar-refractivity contribution >= 4 is 0 Å².